The highest BCUT2D eigenvalue weighted by molar-refractivity contribution is 5.89. The van der Waals surface area contributed by atoms with Crippen LogP contribution in [-0.2, 0) is 12.0 Å². The van der Waals surface area contributed by atoms with Crippen molar-refractivity contribution in [2.75, 3.05) is 0 Å². The molecule has 0 aliphatic heterocycles. The van der Waals surface area contributed by atoms with E-state index in [1.54, 1.807) is 0 Å². The van der Waals surface area contributed by atoms with Gasteiger partial charge in [-0.1, -0.05) is 61.5 Å². The standard InChI is InChI=1S/C25H24N4/c1-2-22-27-16-19-15-21(17-7-4-3-5-8-17)23(29-24(19)28-22)18-9-11-20(12-10-18)25(26)13-6-14-25/h3-5,7-12,15-16H,2,6,13-14,26H2,1H3. The van der Waals surface area contributed by atoms with Crippen molar-refractivity contribution < 1.29 is 0 Å². The average Bonchev–Trinajstić information content (AvgIpc) is 2.77. The van der Waals surface area contributed by atoms with Crippen LogP contribution in [0.2, 0.25) is 0 Å². The van der Waals surface area contributed by atoms with E-state index in [1.807, 2.05) is 12.3 Å². The highest BCUT2D eigenvalue weighted by atomic mass is 14.9. The quantitative estimate of drug-likeness (QED) is 0.524. The molecule has 1 saturated carbocycles. The molecule has 0 atom stereocenters. The first kappa shape index (κ1) is 18.0. The van der Waals surface area contributed by atoms with E-state index in [-0.39, 0.29) is 5.54 Å². The summed E-state index contributed by atoms with van der Waals surface area (Å²) in [6, 6.07) is 21.1. The summed E-state index contributed by atoms with van der Waals surface area (Å²) in [6.45, 7) is 2.06. The zero-order valence-corrected chi connectivity index (χ0v) is 16.6. The lowest BCUT2D eigenvalue weighted by atomic mass is 9.72. The van der Waals surface area contributed by atoms with Crippen molar-refractivity contribution in [3.63, 3.8) is 0 Å². The minimum atomic E-state index is -0.152. The molecule has 2 heterocycles. The smallest absolute Gasteiger partial charge is 0.163 e. The fraction of sp³-hybridized carbons (Fsp3) is 0.240. The van der Waals surface area contributed by atoms with E-state index >= 15 is 0 Å². The lowest BCUT2D eigenvalue weighted by molar-refractivity contribution is 0.253. The number of rotatable bonds is 4. The summed E-state index contributed by atoms with van der Waals surface area (Å²) in [6.07, 6.45) is 6.00. The van der Waals surface area contributed by atoms with Gasteiger partial charge in [-0.3, -0.25) is 0 Å². The van der Waals surface area contributed by atoms with Gasteiger partial charge >= 0.3 is 0 Å². The van der Waals surface area contributed by atoms with Crippen LogP contribution in [0.1, 0.15) is 37.6 Å². The summed E-state index contributed by atoms with van der Waals surface area (Å²) in [4.78, 5) is 14.1. The van der Waals surface area contributed by atoms with E-state index in [1.165, 1.54) is 12.0 Å². The molecule has 144 valence electrons. The van der Waals surface area contributed by atoms with Crippen molar-refractivity contribution in [2.45, 2.75) is 38.1 Å². The van der Waals surface area contributed by atoms with Crippen molar-refractivity contribution in [3.8, 4) is 22.4 Å². The Kier molecular flexibility index (Phi) is 4.36. The van der Waals surface area contributed by atoms with Gasteiger partial charge in [-0.05, 0) is 36.5 Å². The Balaban J connectivity index is 1.67. The number of fused-ring (bicyclic) bond motifs is 1. The van der Waals surface area contributed by atoms with Gasteiger partial charge in [0.1, 0.15) is 5.82 Å². The Hall–Kier alpha value is -3.11. The zero-order valence-electron chi connectivity index (χ0n) is 16.6. The molecule has 4 aromatic rings. The highest BCUT2D eigenvalue weighted by Crippen LogP contribution is 2.40. The first-order chi connectivity index (χ1) is 14.2. The van der Waals surface area contributed by atoms with Gasteiger partial charge in [0.2, 0.25) is 0 Å². The summed E-state index contributed by atoms with van der Waals surface area (Å²) in [7, 11) is 0. The van der Waals surface area contributed by atoms with Crippen LogP contribution in [0.15, 0.2) is 66.9 Å². The van der Waals surface area contributed by atoms with Crippen molar-refractivity contribution in [3.05, 3.63) is 78.2 Å². The Morgan fingerprint density at radius 1 is 0.931 bits per heavy atom. The first-order valence-corrected chi connectivity index (χ1v) is 10.3. The number of pyridine rings is 1. The first-order valence-electron chi connectivity index (χ1n) is 10.3. The fourth-order valence-electron chi connectivity index (χ4n) is 4.03. The summed E-state index contributed by atoms with van der Waals surface area (Å²) in [5.41, 5.74) is 12.5. The van der Waals surface area contributed by atoms with Crippen LogP contribution in [0.4, 0.5) is 0 Å². The second-order valence-electron chi connectivity index (χ2n) is 7.89. The van der Waals surface area contributed by atoms with Gasteiger partial charge in [-0.15, -0.1) is 0 Å². The fourth-order valence-corrected chi connectivity index (χ4v) is 4.03. The highest BCUT2D eigenvalue weighted by Gasteiger charge is 2.34. The van der Waals surface area contributed by atoms with Gasteiger partial charge < -0.3 is 5.73 Å². The van der Waals surface area contributed by atoms with Gasteiger partial charge in [-0.25, -0.2) is 15.0 Å². The molecular formula is C25H24N4. The van der Waals surface area contributed by atoms with Gasteiger partial charge in [0, 0.05) is 34.7 Å². The normalized spacial score (nSPS) is 15.2. The molecule has 0 radical (unpaired) electrons. The van der Waals surface area contributed by atoms with Crippen LogP contribution in [0, 0.1) is 0 Å². The van der Waals surface area contributed by atoms with Crippen LogP contribution >= 0.6 is 0 Å². The Morgan fingerprint density at radius 2 is 1.69 bits per heavy atom. The van der Waals surface area contributed by atoms with Crippen molar-refractivity contribution in [1.29, 1.82) is 0 Å². The molecule has 0 unspecified atom stereocenters. The van der Waals surface area contributed by atoms with Gasteiger partial charge in [0.05, 0.1) is 5.69 Å². The Morgan fingerprint density at radius 3 is 2.34 bits per heavy atom. The van der Waals surface area contributed by atoms with Gasteiger partial charge in [-0.2, -0.15) is 0 Å². The molecule has 4 nitrogen and oxygen atoms in total. The summed E-state index contributed by atoms with van der Waals surface area (Å²) < 4.78 is 0. The van der Waals surface area contributed by atoms with Crippen LogP contribution in [-0.4, -0.2) is 15.0 Å². The number of benzene rings is 2. The molecule has 2 aromatic carbocycles. The van der Waals surface area contributed by atoms with Gasteiger partial charge in [0.25, 0.3) is 0 Å². The number of hydrogen-bond donors (Lipinski definition) is 1. The lowest BCUT2D eigenvalue weighted by Crippen LogP contribution is -2.43. The molecule has 0 saturated heterocycles. The van der Waals surface area contributed by atoms with E-state index in [9.17, 15) is 0 Å². The summed E-state index contributed by atoms with van der Waals surface area (Å²) in [5, 5.41) is 0.955. The Labute approximate surface area is 170 Å². The van der Waals surface area contributed by atoms with E-state index in [4.69, 9.17) is 10.7 Å². The lowest BCUT2D eigenvalue weighted by Gasteiger charge is -2.38. The second kappa shape index (κ2) is 7.05. The molecule has 0 spiro atoms. The summed E-state index contributed by atoms with van der Waals surface area (Å²) in [5.74, 6) is 0.814. The molecule has 2 N–H and O–H groups in total. The topological polar surface area (TPSA) is 64.7 Å². The average molecular weight is 380 g/mol. The van der Waals surface area contributed by atoms with Crippen molar-refractivity contribution in [2.24, 2.45) is 5.73 Å². The number of nitrogens with zero attached hydrogens (tertiary/aromatic N) is 3. The van der Waals surface area contributed by atoms with E-state index < -0.39 is 0 Å². The van der Waals surface area contributed by atoms with Crippen LogP contribution < -0.4 is 5.73 Å². The molecule has 2 aromatic heterocycles. The number of aryl methyl sites for hydroxylation is 1. The molecule has 29 heavy (non-hydrogen) atoms. The molecular weight excluding hydrogens is 356 g/mol. The van der Waals surface area contributed by atoms with E-state index in [0.29, 0.717) is 0 Å². The largest absolute Gasteiger partial charge is 0.321 e. The maximum Gasteiger partial charge on any atom is 0.163 e. The Bertz CT molecular complexity index is 1160. The third-order valence-corrected chi connectivity index (χ3v) is 6.00. The van der Waals surface area contributed by atoms with E-state index in [2.05, 4.69) is 71.5 Å². The van der Waals surface area contributed by atoms with Crippen LogP contribution in [0.25, 0.3) is 33.4 Å². The van der Waals surface area contributed by atoms with Crippen molar-refractivity contribution in [1.82, 2.24) is 15.0 Å². The SMILES string of the molecule is CCc1ncc2cc(-c3ccccc3)c(-c3ccc(C4(N)CCC4)cc3)nc2n1. The molecule has 1 aliphatic rings. The van der Waals surface area contributed by atoms with E-state index in [0.717, 1.165) is 58.5 Å². The number of nitrogens with two attached hydrogens (primary N) is 1. The number of aromatic nitrogens is 3. The molecule has 4 heteroatoms. The summed E-state index contributed by atoms with van der Waals surface area (Å²) >= 11 is 0. The monoisotopic (exact) mass is 380 g/mol. The predicted octanol–water partition coefficient (Wildman–Crippen LogP) is 5.26. The minimum absolute atomic E-state index is 0.152. The molecule has 0 amide bonds. The minimum Gasteiger partial charge on any atom is -0.321 e. The zero-order chi connectivity index (χ0) is 19.8. The van der Waals surface area contributed by atoms with Crippen LogP contribution in [0.5, 0.6) is 0 Å². The van der Waals surface area contributed by atoms with Crippen molar-refractivity contribution >= 4 is 11.0 Å². The molecule has 0 bridgehead atoms. The van der Waals surface area contributed by atoms with Crippen LogP contribution in [0.3, 0.4) is 0 Å². The number of hydrogen-bond acceptors (Lipinski definition) is 4. The molecule has 1 fully saturated rings. The maximum absolute atomic E-state index is 6.51. The third kappa shape index (κ3) is 3.19. The second-order valence-corrected chi connectivity index (χ2v) is 7.89. The maximum atomic E-state index is 6.51. The van der Waals surface area contributed by atoms with Gasteiger partial charge in [0.15, 0.2) is 5.65 Å². The molecule has 1 aliphatic carbocycles. The molecule has 5 rings (SSSR count). The predicted molar refractivity (Wildman–Crippen MR) is 117 cm³/mol. The third-order valence-electron chi connectivity index (χ3n) is 6.00.